The summed E-state index contributed by atoms with van der Waals surface area (Å²) in [5.41, 5.74) is 6.11. The third kappa shape index (κ3) is 12.8. The molecule has 10 heteroatoms. The number of nitrogens with zero attached hydrogens (tertiary/aromatic N) is 2. The molecule has 1 aliphatic heterocycles. The number of ether oxygens (including phenoxy) is 3. The SMILES string of the molecule is CCCCN(CCCC)c1ccc(C(=CC2(C=C(c3ccc(OC(C)C)cc3)c3ccc(N(CCCC)CCCC)cc3)OC(=O)c3c(Cl)c(Cl)c(Cl)c(Cl)c32)c2ccc(OC(C)C)cc2)cc1. The molecular formula is C58H68Cl4N2O4. The molecule has 0 N–H and O–H groups in total. The zero-order valence-electron chi connectivity index (χ0n) is 41.1. The van der Waals surface area contributed by atoms with E-state index in [1.165, 1.54) is 0 Å². The predicted octanol–water partition coefficient (Wildman–Crippen LogP) is 17.3. The van der Waals surface area contributed by atoms with Crippen LogP contribution in [0, 0.1) is 0 Å². The number of fused-ring (bicyclic) bond motifs is 1. The van der Waals surface area contributed by atoms with Gasteiger partial charge < -0.3 is 24.0 Å². The summed E-state index contributed by atoms with van der Waals surface area (Å²) in [6.07, 6.45) is 12.8. The summed E-state index contributed by atoms with van der Waals surface area (Å²) in [5, 5.41) is 0.0649. The average molecular weight is 999 g/mol. The fourth-order valence-electron chi connectivity index (χ4n) is 8.60. The quantitative estimate of drug-likeness (QED) is 0.0349. The molecule has 0 atom stereocenters. The number of cyclic esters (lactones) is 1. The number of esters is 1. The molecule has 68 heavy (non-hydrogen) atoms. The van der Waals surface area contributed by atoms with E-state index in [9.17, 15) is 4.79 Å². The Hall–Kier alpha value is -4.59. The van der Waals surface area contributed by atoms with Gasteiger partial charge in [0.15, 0.2) is 5.60 Å². The molecule has 0 radical (unpaired) electrons. The second-order valence-electron chi connectivity index (χ2n) is 18.2. The van der Waals surface area contributed by atoms with E-state index in [-0.39, 0.29) is 37.9 Å². The van der Waals surface area contributed by atoms with Crippen LogP contribution in [0.4, 0.5) is 11.4 Å². The summed E-state index contributed by atoms with van der Waals surface area (Å²) in [7, 11) is 0. The van der Waals surface area contributed by atoms with Crippen LogP contribution in [0.2, 0.25) is 20.1 Å². The topological polar surface area (TPSA) is 51.2 Å². The number of hydrogen-bond acceptors (Lipinski definition) is 6. The minimum atomic E-state index is -1.66. The van der Waals surface area contributed by atoms with E-state index in [1.807, 2.05) is 88.4 Å². The summed E-state index contributed by atoms with van der Waals surface area (Å²) in [5.74, 6) is 0.805. The van der Waals surface area contributed by atoms with Gasteiger partial charge in [-0.15, -0.1) is 0 Å². The Morgan fingerprint density at radius 2 is 0.838 bits per heavy atom. The van der Waals surface area contributed by atoms with Crippen molar-refractivity contribution in [2.24, 2.45) is 0 Å². The number of unbranched alkanes of at least 4 members (excludes halogenated alkanes) is 4. The van der Waals surface area contributed by atoms with Crippen molar-refractivity contribution >= 4 is 74.9 Å². The van der Waals surface area contributed by atoms with Crippen molar-refractivity contribution in [1.82, 2.24) is 0 Å². The molecule has 6 rings (SSSR count). The van der Waals surface area contributed by atoms with Crippen LogP contribution >= 0.6 is 46.4 Å². The lowest BCUT2D eigenvalue weighted by Gasteiger charge is -2.28. The van der Waals surface area contributed by atoms with E-state index < -0.39 is 11.6 Å². The van der Waals surface area contributed by atoms with Crippen LogP contribution < -0.4 is 19.3 Å². The van der Waals surface area contributed by atoms with Crippen molar-refractivity contribution in [2.45, 2.75) is 125 Å². The summed E-state index contributed by atoms with van der Waals surface area (Å²) >= 11 is 28.0. The molecule has 0 unspecified atom stereocenters. The molecule has 1 aliphatic rings. The fraction of sp³-hybridized carbons (Fsp3) is 0.397. The highest BCUT2D eigenvalue weighted by Crippen LogP contribution is 2.54. The molecule has 362 valence electrons. The Balaban J connectivity index is 1.67. The van der Waals surface area contributed by atoms with Crippen LogP contribution in [0.1, 0.15) is 145 Å². The van der Waals surface area contributed by atoms with Crippen LogP contribution in [0.3, 0.4) is 0 Å². The van der Waals surface area contributed by atoms with Gasteiger partial charge in [-0.05, 0) is 147 Å². The Labute approximate surface area is 426 Å². The van der Waals surface area contributed by atoms with Crippen molar-refractivity contribution in [1.29, 1.82) is 0 Å². The van der Waals surface area contributed by atoms with E-state index in [4.69, 9.17) is 60.6 Å². The van der Waals surface area contributed by atoms with E-state index in [0.29, 0.717) is 5.56 Å². The molecule has 5 aromatic rings. The molecule has 0 aromatic heterocycles. The number of hydrogen-bond donors (Lipinski definition) is 0. The molecular weight excluding hydrogens is 930 g/mol. The second kappa shape index (κ2) is 24.8. The summed E-state index contributed by atoms with van der Waals surface area (Å²) < 4.78 is 18.9. The normalized spacial score (nSPS) is 14.9. The second-order valence-corrected chi connectivity index (χ2v) is 19.7. The zero-order valence-corrected chi connectivity index (χ0v) is 44.1. The summed E-state index contributed by atoms with van der Waals surface area (Å²) in [6.45, 7) is 20.8. The molecule has 0 amide bonds. The van der Waals surface area contributed by atoms with Gasteiger partial charge >= 0.3 is 5.97 Å². The summed E-state index contributed by atoms with van der Waals surface area (Å²) in [4.78, 5) is 19.5. The first kappa shape index (κ1) is 52.8. The van der Waals surface area contributed by atoms with Gasteiger partial charge in [0.1, 0.15) is 11.5 Å². The Morgan fingerprint density at radius 1 is 0.515 bits per heavy atom. The minimum Gasteiger partial charge on any atom is -0.491 e. The maximum absolute atomic E-state index is 14.5. The minimum absolute atomic E-state index is 0.00714. The highest BCUT2D eigenvalue weighted by Gasteiger charge is 2.48. The first-order chi connectivity index (χ1) is 32.7. The van der Waals surface area contributed by atoms with Crippen LogP contribution in [0.15, 0.2) is 109 Å². The molecule has 0 saturated carbocycles. The number of anilines is 2. The zero-order chi connectivity index (χ0) is 49.0. The lowest BCUT2D eigenvalue weighted by Crippen LogP contribution is -2.25. The lowest BCUT2D eigenvalue weighted by molar-refractivity contribution is 0.0300. The van der Waals surface area contributed by atoms with Crippen LogP contribution in [-0.2, 0) is 10.3 Å². The fourth-order valence-corrected chi connectivity index (χ4v) is 9.67. The monoisotopic (exact) mass is 996 g/mol. The molecule has 0 fully saturated rings. The maximum Gasteiger partial charge on any atom is 0.341 e. The maximum atomic E-state index is 14.5. The largest absolute Gasteiger partial charge is 0.491 e. The van der Waals surface area contributed by atoms with Gasteiger partial charge in [0.25, 0.3) is 0 Å². The number of carbonyl (C=O) groups is 1. The molecule has 6 nitrogen and oxygen atoms in total. The highest BCUT2D eigenvalue weighted by molar-refractivity contribution is 6.53. The smallest absolute Gasteiger partial charge is 0.341 e. The van der Waals surface area contributed by atoms with Gasteiger partial charge in [-0.2, -0.15) is 0 Å². The van der Waals surface area contributed by atoms with E-state index in [0.717, 1.165) is 134 Å². The molecule has 5 aromatic carbocycles. The van der Waals surface area contributed by atoms with Gasteiger partial charge in [0.2, 0.25) is 0 Å². The molecule has 0 bridgehead atoms. The third-order valence-corrected chi connectivity index (χ3v) is 13.9. The number of benzene rings is 5. The molecule has 0 saturated heterocycles. The molecule has 0 aliphatic carbocycles. The average Bonchev–Trinajstić information content (AvgIpc) is 3.62. The van der Waals surface area contributed by atoms with Gasteiger partial charge in [0, 0.05) is 43.1 Å². The van der Waals surface area contributed by atoms with Gasteiger partial charge in [-0.3, -0.25) is 0 Å². The lowest BCUT2D eigenvalue weighted by atomic mass is 9.83. The first-order valence-electron chi connectivity index (χ1n) is 24.5. The Bertz CT molecular complexity index is 2350. The van der Waals surface area contributed by atoms with E-state index in [1.54, 1.807) is 0 Å². The van der Waals surface area contributed by atoms with Crippen molar-refractivity contribution in [3.8, 4) is 11.5 Å². The van der Waals surface area contributed by atoms with Crippen LogP contribution in [0.25, 0.3) is 11.1 Å². The molecule has 1 heterocycles. The Kier molecular flexibility index (Phi) is 19.3. The third-order valence-electron chi connectivity index (χ3n) is 12.1. The van der Waals surface area contributed by atoms with Crippen molar-refractivity contribution in [2.75, 3.05) is 36.0 Å². The van der Waals surface area contributed by atoms with Crippen molar-refractivity contribution in [3.63, 3.8) is 0 Å². The number of halogens is 4. The van der Waals surface area contributed by atoms with Gasteiger partial charge in [-0.1, -0.05) is 148 Å². The van der Waals surface area contributed by atoms with Crippen molar-refractivity contribution in [3.05, 3.63) is 163 Å². The van der Waals surface area contributed by atoms with E-state index >= 15 is 0 Å². The van der Waals surface area contributed by atoms with Crippen molar-refractivity contribution < 1.29 is 19.0 Å². The summed E-state index contributed by atoms with van der Waals surface area (Å²) in [6, 6.07) is 33.2. The number of rotatable bonds is 24. The van der Waals surface area contributed by atoms with E-state index in [2.05, 4.69) is 86.0 Å². The van der Waals surface area contributed by atoms with Gasteiger partial charge in [0.05, 0.1) is 37.9 Å². The van der Waals surface area contributed by atoms with Crippen LogP contribution in [0.5, 0.6) is 11.5 Å². The molecule has 0 spiro atoms. The highest BCUT2D eigenvalue weighted by atomic mass is 35.5. The predicted molar refractivity (Wildman–Crippen MR) is 289 cm³/mol. The van der Waals surface area contributed by atoms with Gasteiger partial charge in [-0.25, -0.2) is 4.79 Å². The standard InChI is InChI=1S/C58H68Cl4N2O4/c1-9-13-33-63(34-14-10-2)45-25-17-41(18-26-45)49(43-21-29-47(30-22-43)66-39(5)6)37-58(52-51(57(65)68-58)53(59)55(61)56(62)54(52)60)38-50(44-23-31-48(32-24-44)67-40(7)8)42-19-27-46(28-20-42)64(35-15-11-3)36-16-12-4/h17-32,37-40H,9-16,33-36H2,1-8H3. The number of carbonyl (C=O) groups excluding carboxylic acids is 1. The Morgan fingerprint density at radius 3 is 1.16 bits per heavy atom. The first-order valence-corrected chi connectivity index (χ1v) is 26.0. The van der Waals surface area contributed by atoms with Crippen LogP contribution in [-0.4, -0.2) is 44.4 Å².